The van der Waals surface area contributed by atoms with Crippen molar-refractivity contribution in [1.82, 2.24) is 10.2 Å². The predicted molar refractivity (Wildman–Crippen MR) is 148 cm³/mol. The molecule has 0 aliphatic carbocycles. The molecule has 2 amide bonds. The first-order valence-electron chi connectivity index (χ1n) is 12.6. The Balaban J connectivity index is 2.02. The van der Waals surface area contributed by atoms with Gasteiger partial charge in [-0.1, -0.05) is 43.3 Å². The number of anilines is 1. The number of methoxy groups -OCH3 is 1. The Labute approximate surface area is 229 Å². The number of hydrogen-bond donors (Lipinski definition) is 1. The van der Waals surface area contributed by atoms with E-state index in [1.807, 2.05) is 13.8 Å². The number of carbonyl (C=O) groups is 2. The summed E-state index contributed by atoms with van der Waals surface area (Å²) in [6, 6.07) is 18.7. The highest BCUT2D eigenvalue weighted by molar-refractivity contribution is 7.92. The van der Waals surface area contributed by atoms with Gasteiger partial charge in [-0.05, 0) is 62.2 Å². The molecule has 8 nitrogen and oxygen atoms in total. The van der Waals surface area contributed by atoms with Crippen molar-refractivity contribution in [3.63, 3.8) is 0 Å². The number of sulfonamides is 1. The lowest BCUT2D eigenvalue weighted by molar-refractivity contribution is -0.139. The Morgan fingerprint density at radius 2 is 1.64 bits per heavy atom. The van der Waals surface area contributed by atoms with Crippen LogP contribution in [0.1, 0.15) is 32.8 Å². The van der Waals surface area contributed by atoms with Crippen LogP contribution in [0.4, 0.5) is 10.1 Å². The zero-order valence-corrected chi connectivity index (χ0v) is 23.3. The monoisotopic (exact) mass is 555 g/mol. The van der Waals surface area contributed by atoms with Crippen LogP contribution in [0.3, 0.4) is 0 Å². The Kier molecular flexibility index (Phi) is 10.1. The fourth-order valence-electron chi connectivity index (χ4n) is 3.85. The van der Waals surface area contributed by atoms with Gasteiger partial charge in [0.25, 0.3) is 10.0 Å². The molecule has 0 aromatic heterocycles. The van der Waals surface area contributed by atoms with Crippen LogP contribution < -0.4 is 14.4 Å². The van der Waals surface area contributed by atoms with Crippen molar-refractivity contribution in [2.45, 2.75) is 50.7 Å². The molecule has 0 aliphatic heterocycles. The van der Waals surface area contributed by atoms with Crippen molar-refractivity contribution in [3.8, 4) is 5.75 Å². The van der Waals surface area contributed by atoms with Gasteiger partial charge in [-0.3, -0.25) is 13.9 Å². The van der Waals surface area contributed by atoms with Crippen LogP contribution in [-0.4, -0.2) is 50.9 Å². The molecule has 0 saturated heterocycles. The maximum absolute atomic E-state index is 13.9. The standard InChI is InChI=1S/C29H34FN3O5S/c1-5-21(2)31-29(35)22(3)32(19-23-14-16-24(30)17-15-23)28(34)20-33(25-10-9-11-26(18-25)38-4)39(36,37)27-12-7-6-8-13-27/h6-18,21-22H,5,19-20H2,1-4H3,(H,31,35)/t21-,22+/m0/s1. The molecule has 0 unspecified atom stereocenters. The Morgan fingerprint density at radius 1 is 0.974 bits per heavy atom. The number of nitrogens with zero attached hydrogens (tertiary/aromatic N) is 2. The van der Waals surface area contributed by atoms with Crippen molar-refractivity contribution >= 4 is 27.5 Å². The van der Waals surface area contributed by atoms with E-state index in [4.69, 9.17) is 4.74 Å². The Bertz CT molecular complexity index is 1370. The summed E-state index contributed by atoms with van der Waals surface area (Å²) in [6.45, 7) is 4.77. The molecule has 39 heavy (non-hydrogen) atoms. The minimum Gasteiger partial charge on any atom is -0.497 e. The van der Waals surface area contributed by atoms with E-state index in [1.54, 1.807) is 43.3 Å². The van der Waals surface area contributed by atoms with Gasteiger partial charge in [-0.2, -0.15) is 0 Å². The van der Waals surface area contributed by atoms with Gasteiger partial charge in [0.05, 0.1) is 17.7 Å². The lowest BCUT2D eigenvalue weighted by Gasteiger charge is -2.32. The summed E-state index contributed by atoms with van der Waals surface area (Å²) in [5.41, 5.74) is 0.816. The third-order valence-electron chi connectivity index (χ3n) is 6.39. The number of hydrogen-bond acceptors (Lipinski definition) is 5. The molecule has 1 N–H and O–H groups in total. The summed E-state index contributed by atoms with van der Waals surface area (Å²) < 4.78 is 47.4. The van der Waals surface area contributed by atoms with Crippen LogP contribution in [0.5, 0.6) is 5.75 Å². The Morgan fingerprint density at radius 3 is 2.26 bits per heavy atom. The van der Waals surface area contributed by atoms with E-state index >= 15 is 0 Å². The first-order valence-corrected chi connectivity index (χ1v) is 14.1. The quantitative estimate of drug-likeness (QED) is 0.358. The summed E-state index contributed by atoms with van der Waals surface area (Å²) in [5.74, 6) is -0.998. The second-order valence-electron chi connectivity index (χ2n) is 9.17. The molecule has 2 atom stereocenters. The molecule has 0 bridgehead atoms. The van der Waals surface area contributed by atoms with Gasteiger partial charge < -0.3 is 15.0 Å². The zero-order valence-electron chi connectivity index (χ0n) is 22.5. The van der Waals surface area contributed by atoms with Crippen molar-refractivity contribution in [3.05, 3.63) is 90.2 Å². The molecule has 3 aromatic rings. The lowest BCUT2D eigenvalue weighted by atomic mass is 10.1. The molecule has 0 radical (unpaired) electrons. The highest BCUT2D eigenvalue weighted by Crippen LogP contribution is 2.27. The van der Waals surface area contributed by atoms with Crippen molar-refractivity contribution in [2.75, 3.05) is 18.0 Å². The minimum absolute atomic E-state index is 0.00765. The smallest absolute Gasteiger partial charge is 0.264 e. The van der Waals surface area contributed by atoms with Crippen LogP contribution in [-0.2, 0) is 26.2 Å². The van der Waals surface area contributed by atoms with E-state index in [1.165, 1.54) is 54.5 Å². The summed E-state index contributed by atoms with van der Waals surface area (Å²) in [4.78, 5) is 28.2. The number of amides is 2. The third-order valence-corrected chi connectivity index (χ3v) is 8.17. The number of ether oxygens (including phenoxy) is 1. The van der Waals surface area contributed by atoms with E-state index < -0.39 is 34.3 Å². The van der Waals surface area contributed by atoms with Gasteiger partial charge in [0.2, 0.25) is 11.8 Å². The normalized spacial score (nSPS) is 12.7. The maximum atomic E-state index is 13.9. The van der Waals surface area contributed by atoms with E-state index in [0.717, 1.165) is 4.31 Å². The minimum atomic E-state index is -4.17. The van der Waals surface area contributed by atoms with Crippen molar-refractivity contribution < 1.29 is 27.1 Å². The van der Waals surface area contributed by atoms with Gasteiger partial charge in [0.15, 0.2) is 0 Å². The van der Waals surface area contributed by atoms with E-state index in [0.29, 0.717) is 17.7 Å². The molecule has 0 aliphatic rings. The van der Waals surface area contributed by atoms with Gasteiger partial charge >= 0.3 is 0 Å². The maximum Gasteiger partial charge on any atom is 0.264 e. The molecule has 0 spiro atoms. The highest BCUT2D eigenvalue weighted by atomic mass is 32.2. The first kappa shape index (κ1) is 29.6. The molecule has 0 fully saturated rings. The third kappa shape index (κ3) is 7.57. The highest BCUT2D eigenvalue weighted by Gasteiger charge is 2.32. The number of carbonyl (C=O) groups excluding carboxylic acids is 2. The van der Waals surface area contributed by atoms with Gasteiger partial charge in [-0.15, -0.1) is 0 Å². The van der Waals surface area contributed by atoms with E-state index in [2.05, 4.69) is 5.32 Å². The molecular formula is C29H34FN3O5S. The van der Waals surface area contributed by atoms with Crippen LogP contribution in [0.2, 0.25) is 0 Å². The largest absolute Gasteiger partial charge is 0.497 e. The molecule has 3 rings (SSSR count). The zero-order chi connectivity index (χ0) is 28.6. The number of benzene rings is 3. The summed E-state index contributed by atoms with van der Waals surface area (Å²) in [7, 11) is -2.71. The van der Waals surface area contributed by atoms with Crippen LogP contribution in [0, 0.1) is 5.82 Å². The fraction of sp³-hybridized carbons (Fsp3) is 0.310. The molecule has 10 heteroatoms. The average molecular weight is 556 g/mol. The summed E-state index contributed by atoms with van der Waals surface area (Å²) in [6.07, 6.45) is 0.698. The number of halogens is 1. The topological polar surface area (TPSA) is 96.0 Å². The Hall–Kier alpha value is -3.92. The van der Waals surface area contributed by atoms with Crippen molar-refractivity contribution in [2.24, 2.45) is 0 Å². The molecular weight excluding hydrogens is 521 g/mol. The van der Waals surface area contributed by atoms with Crippen LogP contribution in [0.15, 0.2) is 83.8 Å². The molecule has 208 valence electrons. The number of rotatable bonds is 12. The molecule has 0 saturated carbocycles. The molecule has 3 aromatic carbocycles. The summed E-state index contributed by atoms with van der Waals surface area (Å²) >= 11 is 0. The van der Waals surface area contributed by atoms with Gasteiger partial charge in [0.1, 0.15) is 24.2 Å². The second-order valence-corrected chi connectivity index (χ2v) is 11.0. The van der Waals surface area contributed by atoms with Crippen LogP contribution in [0.25, 0.3) is 0 Å². The van der Waals surface area contributed by atoms with Crippen molar-refractivity contribution in [1.29, 1.82) is 0 Å². The van der Waals surface area contributed by atoms with E-state index in [-0.39, 0.29) is 29.1 Å². The second kappa shape index (κ2) is 13.2. The SMILES string of the molecule is CC[C@H](C)NC(=O)[C@@H](C)N(Cc1ccc(F)cc1)C(=O)CN(c1cccc(OC)c1)S(=O)(=O)c1ccccc1. The predicted octanol–water partition coefficient (Wildman–Crippen LogP) is 4.36. The van der Waals surface area contributed by atoms with Gasteiger partial charge in [0, 0.05) is 18.7 Å². The fourth-order valence-corrected chi connectivity index (χ4v) is 5.28. The first-order chi connectivity index (χ1) is 18.6. The lowest BCUT2D eigenvalue weighted by Crippen LogP contribution is -2.52. The number of nitrogens with one attached hydrogen (secondary N) is 1. The summed E-state index contributed by atoms with van der Waals surface area (Å²) in [5, 5.41) is 2.87. The van der Waals surface area contributed by atoms with E-state index in [9.17, 15) is 22.4 Å². The molecule has 0 heterocycles. The van der Waals surface area contributed by atoms with Gasteiger partial charge in [-0.25, -0.2) is 12.8 Å². The average Bonchev–Trinajstić information content (AvgIpc) is 2.95. The van der Waals surface area contributed by atoms with Crippen LogP contribution >= 0.6 is 0 Å².